The van der Waals surface area contributed by atoms with Gasteiger partial charge >= 0.3 is 0 Å². The van der Waals surface area contributed by atoms with Gasteiger partial charge in [0.05, 0.1) is 28.8 Å². The molecule has 2 aromatic heterocycles. The van der Waals surface area contributed by atoms with Gasteiger partial charge in [-0.15, -0.1) is 0 Å². The first-order valence-electron chi connectivity index (χ1n) is 9.27. The van der Waals surface area contributed by atoms with Crippen molar-refractivity contribution in [1.82, 2.24) is 8.75 Å². The maximum Gasteiger partial charge on any atom is 0.188 e. The first-order chi connectivity index (χ1) is 13.5. The third-order valence-corrected chi connectivity index (χ3v) is 6.58. The molecule has 3 aromatic rings. The normalized spacial score (nSPS) is 13.3. The summed E-state index contributed by atoms with van der Waals surface area (Å²) in [5, 5.41) is 17.6. The van der Waals surface area contributed by atoms with Gasteiger partial charge in [0.15, 0.2) is 11.6 Å². The van der Waals surface area contributed by atoms with E-state index in [1.54, 1.807) is 31.5 Å². The molecule has 0 bridgehead atoms. The lowest BCUT2D eigenvalue weighted by atomic mass is 9.85. The highest BCUT2D eigenvalue weighted by molar-refractivity contribution is 7.70. The topological polar surface area (TPSA) is 100 Å². The van der Waals surface area contributed by atoms with E-state index in [0.717, 1.165) is 23.2 Å². The number of anilines is 3. The minimum atomic E-state index is -2.62. The molecule has 1 aromatic carbocycles. The molecule has 3 rings (SSSR count). The van der Waals surface area contributed by atoms with Gasteiger partial charge in [0.25, 0.3) is 0 Å². The predicted octanol–water partition coefficient (Wildman–Crippen LogP) is 5.34. The van der Waals surface area contributed by atoms with E-state index in [9.17, 15) is 9.67 Å². The standard InChI is InChI=1S/C20H27N4O3PS/c1-12-10-11-14(27-12)17(20(2,3)4)22-19-18(23-29-24-19)21-13-8-7-9-15(16(13)25)28(5,6)26/h7-11,17,25H,1-6H3,(H,21,23)(H,22,24)/t17-/m0/s1. The van der Waals surface area contributed by atoms with E-state index in [1.807, 2.05) is 19.1 Å². The number of aromatic nitrogens is 2. The quantitative estimate of drug-likeness (QED) is 0.356. The van der Waals surface area contributed by atoms with Gasteiger partial charge in [-0.05, 0) is 49.9 Å². The van der Waals surface area contributed by atoms with Crippen molar-refractivity contribution in [3.05, 3.63) is 41.9 Å². The Bertz CT molecular complexity index is 1050. The van der Waals surface area contributed by atoms with Gasteiger partial charge in [-0.1, -0.05) is 26.8 Å². The van der Waals surface area contributed by atoms with Crippen molar-refractivity contribution >= 4 is 41.5 Å². The summed E-state index contributed by atoms with van der Waals surface area (Å²) in [5.74, 6) is 2.67. The van der Waals surface area contributed by atoms with E-state index in [1.165, 1.54) is 0 Å². The van der Waals surface area contributed by atoms with Crippen LogP contribution in [-0.4, -0.2) is 27.2 Å². The molecule has 156 valence electrons. The Morgan fingerprint density at radius 1 is 1.14 bits per heavy atom. The number of nitrogens with one attached hydrogen (secondary N) is 2. The molecule has 3 N–H and O–H groups in total. The van der Waals surface area contributed by atoms with Crippen molar-refractivity contribution in [3.63, 3.8) is 0 Å². The number of furan rings is 1. The molecular formula is C20H27N4O3PS. The van der Waals surface area contributed by atoms with Gasteiger partial charge < -0.3 is 24.7 Å². The summed E-state index contributed by atoms with van der Waals surface area (Å²) in [6.07, 6.45) is 0. The fraction of sp³-hybridized carbons (Fsp3) is 0.400. The number of aryl methyl sites for hydroxylation is 1. The zero-order valence-corrected chi connectivity index (χ0v) is 19.2. The fourth-order valence-electron chi connectivity index (χ4n) is 3.02. The van der Waals surface area contributed by atoms with E-state index in [2.05, 4.69) is 40.2 Å². The largest absolute Gasteiger partial charge is 0.505 e. The number of para-hydroxylation sites is 1. The number of rotatable bonds is 6. The van der Waals surface area contributed by atoms with Crippen LogP contribution in [0.3, 0.4) is 0 Å². The molecule has 0 aliphatic rings. The number of hydrogen-bond donors (Lipinski definition) is 3. The maximum absolute atomic E-state index is 12.4. The van der Waals surface area contributed by atoms with Crippen LogP contribution >= 0.6 is 18.9 Å². The lowest BCUT2D eigenvalue weighted by Gasteiger charge is -2.30. The Kier molecular flexibility index (Phi) is 5.79. The first-order valence-corrected chi connectivity index (χ1v) is 12.6. The summed E-state index contributed by atoms with van der Waals surface area (Å²) in [6, 6.07) is 8.91. The summed E-state index contributed by atoms with van der Waals surface area (Å²) in [4.78, 5) is 0. The molecule has 29 heavy (non-hydrogen) atoms. The highest BCUT2D eigenvalue weighted by Gasteiger charge is 2.30. The average Bonchev–Trinajstić information content (AvgIpc) is 3.21. The van der Waals surface area contributed by atoms with E-state index >= 15 is 0 Å². The molecule has 2 heterocycles. The van der Waals surface area contributed by atoms with Crippen LogP contribution in [0.2, 0.25) is 0 Å². The van der Waals surface area contributed by atoms with Crippen LogP contribution in [-0.2, 0) is 4.57 Å². The molecule has 0 fully saturated rings. The highest BCUT2D eigenvalue weighted by Crippen LogP contribution is 2.42. The van der Waals surface area contributed by atoms with Gasteiger partial charge in [0.2, 0.25) is 0 Å². The Labute approximate surface area is 175 Å². The highest BCUT2D eigenvalue weighted by atomic mass is 32.1. The third-order valence-electron chi connectivity index (χ3n) is 4.53. The SMILES string of the molecule is Cc1ccc([C@H](Nc2nsnc2Nc2cccc(P(C)(C)=O)c2O)C(C)(C)C)o1. The molecule has 0 radical (unpaired) electrons. The molecular weight excluding hydrogens is 407 g/mol. The maximum atomic E-state index is 12.4. The number of phenols is 1. The molecule has 0 aliphatic heterocycles. The van der Waals surface area contributed by atoms with Crippen molar-refractivity contribution in [2.24, 2.45) is 5.41 Å². The number of benzene rings is 1. The average molecular weight is 435 g/mol. The van der Waals surface area contributed by atoms with Crippen molar-refractivity contribution in [3.8, 4) is 5.75 Å². The summed E-state index contributed by atoms with van der Waals surface area (Å²) < 4.78 is 27.0. The van der Waals surface area contributed by atoms with Crippen molar-refractivity contribution in [2.45, 2.75) is 33.7 Å². The van der Waals surface area contributed by atoms with Crippen LogP contribution in [0.1, 0.15) is 38.3 Å². The fourth-order valence-corrected chi connectivity index (χ4v) is 4.57. The van der Waals surface area contributed by atoms with Crippen molar-refractivity contribution < 1.29 is 14.1 Å². The van der Waals surface area contributed by atoms with E-state index in [4.69, 9.17) is 4.42 Å². The van der Waals surface area contributed by atoms with Gasteiger partial charge in [0, 0.05) is 0 Å². The monoisotopic (exact) mass is 434 g/mol. The second-order valence-electron chi connectivity index (χ2n) is 8.50. The summed E-state index contributed by atoms with van der Waals surface area (Å²) >= 11 is 1.06. The van der Waals surface area contributed by atoms with Gasteiger partial charge in [0.1, 0.15) is 24.4 Å². The van der Waals surface area contributed by atoms with Gasteiger partial charge in [-0.25, -0.2) is 0 Å². The van der Waals surface area contributed by atoms with Crippen LogP contribution < -0.4 is 15.9 Å². The molecule has 0 saturated heterocycles. The molecule has 0 spiro atoms. The Balaban J connectivity index is 1.91. The molecule has 0 aliphatic carbocycles. The van der Waals surface area contributed by atoms with Crippen molar-refractivity contribution in [1.29, 1.82) is 0 Å². The smallest absolute Gasteiger partial charge is 0.188 e. The molecule has 0 saturated carbocycles. The molecule has 0 amide bonds. The summed E-state index contributed by atoms with van der Waals surface area (Å²) in [6.45, 7) is 11.5. The van der Waals surface area contributed by atoms with Crippen LogP contribution in [0.15, 0.2) is 34.7 Å². The Morgan fingerprint density at radius 3 is 2.41 bits per heavy atom. The number of nitrogens with zero attached hydrogens (tertiary/aromatic N) is 2. The molecule has 1 atom stereocenters. The zero-order chi connectivity index (χ0) is 21.4. The second-order valence-corrected chi connectivity index (χ2v) is 12.2. The van der Waals surface area contributed by atoms with E-state index in [-0.39, 0.29) is 17.2 Å². The molecule has 7 nitrogen and oxygen atoms in total. The summed E-state index contributed by atoms with van der Waals surface area (Å²) in [7, 11) is -2.62. The van der Waals surface area contributed by atoms with Gasteiger partial charge in [-0.3, -0.25) is 0 Å². The number of phenolic OH excluding ortho intramolecular Hbond substituents is 1. The van der Waals surface area contributed by atoms with Gasteiger partial charge in [-0.2, -0.15) is 8.75 Å². The summed E-state index contributed by atoms with van der Waals surface area (Å²) in [5.41, 5.74) is 0.285. The van der Waals surface area contributed by atoms with Crippen LogP contribution in [0, 0.1) is 12.3 Å². The third kappa shape index (κ3) is 4.82. The van der Waals surface area contributed by atoms with Crippen LogP contribution in [0.4, 0.5) is 17.3 Å². The Morgan fingerprint density at radius 2 is 1.83 bits per heavy atom. The van der Waals surface area contributed by atoms with Crippen LogP contribution in [0.25, 0.3) is 0 Å². The lowest BCUT2D eigenvalue weighted by molar-refractivity contribution is 0.300. The van der Waals surface area contributed by atoms with E-state index in [0.29, 0.717) is 22.6 Å². The first kappa shape index (κ1) is 21.4. The van der Waals surface area contributed by atoms with Crippen LogP contribution in [0.5, 0.6) is 5.75 Å². The second kappa shape index (κ2) is 7.84. The minimum Gasteiger partial charge on any atom is -0.505 e. The number of hydrogen-bond acceptors (Lipinski definition) is 8. The zero-order valence-electron chi connectivity index (χ0n) is 17.5. The van der Waals surface area contributed by atoms with E-state index < -0.39 is 7.14 Å². The van der Waals surface area contributed by atoms with Crippen molar-refractivity contribution in [2.75, 3.05) is 24.0 Å². The minimum absolute atomic E-state index is 0.0335. The lowest BCUT2D eigenvalue weighted by Crippen LogP contribution is -2.25. The molecule has 9 heteroatoms. The molecule has 0 unspecified atom stereocenters. The Hall–Kier alpha value is -2.31. The predicted molar refractivity (Wildman–Crippen MR) is 120 cm³/mol. The number of aromatic hydroxyl groups is 1.